The summed E-state index contributed by atoms with van der Waals surface area (Å²) in [5, 5.41) is 0. The van der Waals surface area contributed by atoms with E-state index in [0.29, 0.717) is 7.14 Å². The maximum Gasteiger partial charge on any atom is 0.137 e. The number of rotatable bonds is 6. The fourth-order valence-electron chi connectivity index (χ4n) is 5.16. The van der Waals surface area contributed by atoms with Crippen molar-refractivity contribution in [3.05, 3.63) is 153 Å². The minimum Gasteiger partial charge on any atom is -0.206 e. The first-order chi connectivity index (χ1) is 21.6. The van der Waals surface area contributed by atoms with Gasteiger partial charge in [-0.2, -0.15) is 0 Å². The van der Waals surface area contributed by atoms with E-state index >= 15 is 0 Å². The van der Waals surface area contributed by atoms with Gasteiger partial charge in [-0.3, -0.25) is 0 Å². The van der Waals surface area contributed by atoms with Crippen LogP contribution in [0.2, 0.25) is 0 Å². The SMILES string of the molecule is Fc1ccc(-c2ccc(-c3ccc(Cc4ccc(-c5ccc(-c6ccc(F)c(I)c6I)c(I)c5)cc4)cc3)cc2I)c(I)c1I. The van der Waals surface area contributed by atoms with Gasteiger partial charge in [-0.25, -0.2) is 8.78 Å². The minimum atomic E-state index is -0.180. The van der Waals surface area contributed by atoms with Crippen molar-refractivity contribution in [3.63, 3.8) is 0 Å². The molecule has 6 aromatic rings. The van der Waals surface area contributed by atoms with E-state index in [1.165, 1.54) is 22.3 Å². The minimum absolute atomic E-state index is 0.180. The monoisotopic (exact) mass is 1260 g/mol. The molecule has 224 valence electrons. The molecule has 0 aliphatic heterocycles. The maximum absolute atomic E-state index is 14.0. The predicted octanol–water partition coefficient (Wildman–Crippen LogP) is 13.9. The molecule has 0 unspecified atom stereocenters. The molecule has 0 spiro atoms. The van der Waals surface area contributed by atoms with Crippen LogP contribution in [0.4, 0.5) is 8.78 Å². The highest BCUT2D eigenvalue weighted by Gasteiger charge is 2.15. The molecule has 0 bridgehead atoms. The summed E-state index contributed by atoms with van der Waals surface area (Å²) in [4.78, 5) is 0. The molecular formula is C37H20F2I6. The smallest absolute Gasteiger partial charge is 0.137 e. The topological polar surface area (TPSA) is 0 Å². The second-order valence-corrected chi connectivity index (χ2v) is 17.0. The molecule has 6 aromatic carbocycles. The zero-order valence-electron chi connectivity index (χ0n) is 23.1. The Bertz CT molecular complexity index is 1910. The van der Waals surface area contributed by atoms with Crippen molar-refractivity contribution in [2.75, 3.05) is 0 Å². The van der Waals surface area contributed by atoms with Crippen LogP contribution in [0.25, 0.3) is 44.5 Å². The van der Waals surface area contributed by atoms with Gasteiger partial charge in [0.25, 0.3) is 0 Å². The van der Waals surface area contributed by atoms with Crippen LogP contribution in [0, 0.1) is 33.1 Å². The summed E-state index contributed by atoms with van der Waals surface area (Å²) in [6.45, 7) is 0. The summed E-state index contributed by atoms with van der Waals surface area (Å²) in [5.41, 5.74) is 11.5. The van der Waals surface area contributed by atoms with Gasteiger partial charge in [0.15, 0.2) is 0 Å². The van der Waals surface area contributed by atoms with Crippen LogP contribution in [-0.2, 0) is 6.42 Å². The third-order valence-corrected chi connectivity index (χ3v) is 15.8. The van der Waals surface area contributed by atoms with Crippen LogP contribution < -0.4 is 0 Å². The molecule has 0 atom stereocenters. The van der Waals surface area contributed by atoms with E-state index in [2.05, 4.69) is 220 Å². The van der Waals surface area contributed by atoms with Crippen LogP contribution in [0.1, 0.15) is 11.1 Å². The summed E-state index contributed by atoms with van der Waals surface area (Å²) in [6.07, 6.45) is 0.858. The number of benzene rings is 6. The Labute approximate surface area is 343 Å². The summed E-state index contributed by atoms with van der Waals surface area (Å²) in [5.74, 6) is -0.361. The second kappa shape index (κ2) is 15.0. The normalized spacial score (nSPS) is 11.2. The molecule has 0 N–H and O–H groups in total. The molecule has 0 saturated heterocycles. The van der Waals surface area contributed by atoms with E-state index in [-0.39, 0.29) is 11.6 Å². The number of halogens is 8. The van der Waals surface area contributed by atoms with Gasteiger partial charge in [-0.05, 0) is 222 Å². The molecule has 45 heavy (non-hydrogen) atoms. The van der Waals surface area contributed by atoms with Gasteiger partial charge < -0.3 is 0 Å². The number of hydrogen-bond acceptors (Lipinski definition) is 0. The zero-order chi connectivity index (χ0) is 31.8. The molecule has 0 amide bonds. The van der Waals surface area contributed by atoms with Crippen molar-refractivity contribution >= 4 is 136 Å². The molecule has 8 heteroatoms. The van der Waals surface area contributed by atoms with Crippen LogP contribution in [-0.4, -0.2) is 0 Å². The van der Waals surface area contributed by atoms with Gasteiger partial charge in [0, 0.05) is 14.3 Å². The summed E-state index contributed by atoms with van der Waals surface area (Å²) in [6, 6.07) is 37.3. The van der Waals surface area contributed by atoms with Crippen molar-refractivity contribution in [2.24, 2.45) is 0 Å². The Morgan fingerprint density at radius 1 is 0.356 bits per heavy atom. The lowest BCUT2D eigenvalue weighted by atomic mass is 9.96. The van der Waals surface area contributed by atoms with Crippen molar-refractivity contribution in [1.29, 1.82) is 0 Å². The van der Waals surface area contributed by atoms with E-state index in [9.17, 15) is 8.78 Å². The molecule has 0 nitrogen and oxygen atoms in total. The molecule has 0 aliphatic carbocycles. The lowest BCUT2D eigenvalue weighted by molar-refractivity contribution is 0.619. The fraction of sp³-hybridized carbons (Fsp3) is 0.0270. The molecule has 0 radical (unpaired) electrons. The highest BCUT2D eigenvalue weighted by Crippen LogP contribution is 2.37. The van der Waals surface area contributed by atoms with Crippen molar-refractivity contribution < 1.29 is 8.78 Å². The van der Waals surface area contributed by atoms with Crippen LogP contribution in [0.5, 0.6) is 0 Å². The third-order valence-electron chi connectivity index (χ3n) is 7.57. The Balaban J connectivity index is 1.15. The van der Waals surface area contributed by atoms with Crippen molar-refractivity contribution in [3.8, 4) is 44.5 Å². The lowest BCUT2D eigenvalue weighted by Crippen LogP contribution is -1.94. The lowest BCUT2D eigenvalue weighted by Gasteiger charge is -2.12. The molecule has 0 saturated carbocycles. The van der Waals surface area contributed by atoms with Gasteiger partial charge in [-0.15, -0.1) is 0 Å². The highest BCUT2D eigenvalue weighted by atomic mass is 127. The Kier molecular flexibility index (Phi) is 11.5. The Morgan fingerprint density at radius 3 is 1.04 bits per heavy atom. The van der Waals surface area contributed by atoms with Crippen LogP contribution >= 0.6 is 136 Å². The average molecular weight is 1260 g/mol. The van der Waals surface area contributed by atoms with Crippen LogP contribution in [0.15, 0.2) is 109 Å². The quantitative estimate of drug-likeness (QED) is 0.115. The molecule has 6 rings (SSSR count). The Hall–Kier alpha value is -0.440. The highest BCUT2D eigenvalue weighted by molar-refractivity contribution is 14.1. The van der Waals surface area contributed by atoms with E-state index in [0.717, 1.165) is 54.1 Å². The first-order valence-electron chi connectivity index (χ1n) is 13.7. The maximum atomic E-state index is 14.0. The molecule has 0 fully saturated rings. The number of hydrogen-bond donors (Lipinski definition) is 0. The van der Waals surface area contributed by atoms with Gasteiger partial charge >= 0.3 is 0 Å². The molecule has 0 aromatic heterocycles. The van der Waals surface area contributed by atoms with Gasteiger partial charge in [0.2, 0.25) is 0 Å². The molecular weight excluding hydrogens is 1240 g/mol. The summed E-state index contributed by atoms with van der Waals surface area (Å²) >= 11 is 13.4. The molecule has 0 aliphatic rings. The first-order valence-corrected chi connectivity index (χ1v) is 20.1. The van der Waals surface area contributed by atoms with E-state index in [1.807, 2.05) is 12.1 Å². The molecule has 0 heterocycles. The van der Waals surface area contributed by atoms with E-state index < -0.39 is 0 Å². The standard InChI is InChI=1S/C37H20F2I6/c38-30-15-13-28(34(42)36(30)44)26-11-9-24(18-32(26)40)22-5-1-20(2-6-22)17-21-3-7-23(8-4-21)25-10-12-27(33(41)19-25)29-14-16-31(39)37(45)35(29)43/h1-16,18-19H,17H2. The fourth-order valence-corrected chi connectivity index (χ4v) is 9.17. The second-order valence-electron chi connectivity index (χ2n) is 10.4. The van der Waals surface area contributed by atoms with Crippen molar-refractivity contribution in [1.82, 2.24) is 0 Å². The first kappa shape index (κ1) is 34.4. The summed E-state index contributed by atoms with van der Waals surface area (Å²) in [7, 11) is 0. The van der Waals surface area contributed by atoms with Gasteiger partial charge in [-0.1, -0.05) is 84.9 Å². The Morgan fingerprint density at radius 2 is 0.689 bits per heavy atom. The van der Waals surface area contributed by atoms with E-state index in [4.69, 9.17) is 0 Å². The van der Waals surface area contributed by atoms with Gasteiger partial charge in [0.05, 0.1) is 7.14 Å². The largest absolute Gasteiger partial charge is 0.206 e. The summed E-state index contributed by atoms with van der Waals surface area (Å²) < 4.78 is 33.5. The third kappa shape index (κ3) is 7.59. The van der Waals surface area contributed by atoms with Gasteiger partial charge in [0.1, 0.15) is 11.6 Å². The van der Waals surface area contributed by atoms with E-state index in [1.54, 1.807) is 12.1 Å². The average Bonchev–Trinajstić information content (AvgIpc) is 3.04. The van der Waals surface area contributed by atoms with Crippen molar-refractivity contribution in [2.45, 2.75) is 6.42 Å². The zero-order valence-corrected chi connectivity index (χ0v) is 36.1. The van der Waals surface area contributed by atoms with Crippen LogP contribution in [0.3, 0.4) is 0 Å². The predicted molar refractivity (Wildman–Crippen MR) is 234 cm³/mol.